The molecule has 0 aromatic heterocycles. The minimum atomic E-state index is -3.80. The van der Waals surface area contributed by atoms with E-state index in [2.05, 4.69) is 4.72 Å². The molecular formula is C36H47N3O10S2. The molecule has 3 aromatic rings. The second-order valence-electron chi connectivity index (χ2n) is 13.9. The highest BCUT2D eigenvalue weighted by Crippen LogP contribution is 2.39. The molecule has 1 amide bonds. The van der Waals surface area contributed by atoms with Gasteiger partial charge in [0.1, 0.15) is 24.1 Å². The van der Waals surface area contributed by atoms with Crippen LogP contribution in [0.15, 0.2) is 82.6 Å². The molecule has 3 aromatic carbocycles. The zero-order valence-corrected chi connectivity index (χ0v) is 31.0. The molecule has 2 aliphatic rings. The average Bonchev–Trinajstić information content (AvgIpc) is 3.51. The number of piperidine rings is 1. The van der Waals surface area contributed by atoms with Gasteiger partial charge >= 0.3 is 6.09 Å². The van der Waals surface area contributed by atoms with Gasteiger partial charge in [0.2, 0.25) is 20.0 Å². The average molecular weight is 746 g/mol. The summed E-state index contributed by atoms with van der Waals surface area (Å²) >= 11 is 0. The first-order valence-corrected chi connectivity index (χ1v) is 19.7. The van der Waals surface area contributed by atoms with Crippen LogP contribution in [-0.4, -0.2) is 106 Å². The van der Waals surface area contributed by atoms with Crippen LogP contribution in [0.25, 0.3) is 11.1 Å². The molecule has 0 aliphatic carbocycles. The van der Waals surface area contributed by atoms with Crippen LogP contribution in [0.5, 0.6) is 5.75 Å². The standard InChI is InChI=1S/C36H47N3O10S2/c1-35(2,3)49-34(42)39(22-30(41)25-47-31-8-6-9-32(20-31)50(43,44)37-4)29-21-36(48-24-29)15-17-38(18-16-36)51(45,46)33-10-5-7-28(19-33)27-13-11-26(23-40)12-14-27/h5-14,19-20,29-30,37,40-41H,15-18,21-25H2,1-4H3/t29?,30-/m0/s1. The van der Waals surface area contributed by atoms with Crippen LogP contribution in [0.4, 0.5) is 4.79 Å². The van der Waals surface area contributed by atoms with E-state index >= 15 is 0 Å². The van der Waals surface area contributed by atoms with Gasteiger partial charge in [-0.05, 0) is 88.0 Å². The van der Waals surface area contributed by atoms with Crippen molar-refractivity contribution in [2.75, 3.05) is 39.9 Å². The Morgan fingerprint density at radius 1 is 1.00 bits per heavy atom. The first-order valence-electron chi connectivity index (χ1n) is 16.8. The zero-order valence-electron chi connectivity index (χ0n) is 29.3. The predicted octanol–water partition coefficient (Wildman–Crippen LogP) is 3.74. The molecule has 5 rings (SSSR count). The lowest BCUT2D eigenvalue weighted by molar-refractivity contribution is -0.0329. The number of benzene rings is 3. The minimum absolute atomic E-state index is 0.0123. The lowest BCUT2D eigenvalue weighted by atomic mass is 9.88. The van der Waals surface area contributed by atoms with E-state index in [9.17, 15) is 31.8 Å². The summed E-state index contributed by atoms with van der Waals surface area (Å²) in [4.78, 5) is 15.1. The Balaban J connectivity index is 1.23. The smallest absolute Gasteiger partial charge is 0.410 e. The molecule has 1 unspecified atom stereocenters. The third kappa shape index (κ3) is 9.46. The van der Waals surface area contributed by atoms with Gasteiger partial charge in [-0.2, -0.15) is 4.31 Å². The molecule has 0 radical (unpaired) electrons. The summed E-state index contributed by atoms with van der Waals surface area (Å²) in [5.74, 6) is 0.238. The van der Waals surface area contributed by atoms with Gasteiger partial charge < -0.3 is 29.3 Å². The number of aliphatic hydroxyl groups excluding tert-OH is 2. The highest BCUT2D eigenvalue weighted by atomic mass is 32.2. The summed E-state index contributed by atoms with van der Waals surface area (Å²) in [6, 6.07) is 19.5. The maximum absolute atomic E-state index is 13.7. The van der Waals surface area contributed by atoms with E-state index in [0.29, 0.717) is 19.3 Å². The van der Waals surface area contributed by atoms with Crippen molar-refractivity contribution in [2.45, 2.75) is 79.8 Å². The molecule has 2 atom stereocenters. The van der Waals surface area contributed by atoms with E-state index in [-0.39, 0.29) is 55.0 Å². The van der Waals surface area contributed by atoms with Crippen molar-refractivity contribution in [3.05, 3.63) is 78.4 Å². The largest absolute Gasteiger partial charge is 0.491 e. The number of carbonyl (C=O) groups excluding carboxylic acids is 1. The normalized spacial score (nSPS) is 18.7. The summed E-state index contributed by atoms with van der Waals surface area (Å²) in [6.07, 6.45) is -0.499. The van der Waals surface area contributed by atoms with Crippen LogP contribution in [0, 0.1) is 0 Å². The van der Waals surface area contributed by atoms with E-state index in [1.54, 1.807) is 57.2 Å². The maximum atomic E-state index is 13.7. The topological polar surface area (TPSA) is 172 Å². The van der Waals surface area contributed by atoms with Crippen LogP contribution >= 0.6 is 0 Å². The summed E-state index contributed by atoms with van der Waals surface area (Å²) < 4.78 is 73.3. The van der Waals surface area contributed by atoms with Gasteiger partial charge in [-0.15, -0.1) is 0 Å². The first-order chi connectivity index (χ1) is 24.0. The van der Waals surface area contributed by atoms with E-state index in [1.807, 2.05) is 18.2 Å². The Bertz CT molecular complexity index is 1890. The Kier molecular flexibility index (Phi) is 11.8. The maximum Gasteiger partial charge on any atom is 0.410 e. The van der Waals surface area contributed by atoms with E-state index < -0.39 is 49.5 Å². The zero-order chi connectivity index (χ0) is 37.0. The highest BCUT2D eigenvalue weighted by Gasteiger charge is 2.48. The van der Waals surface area contributed by atoms with Gasteiger partial charge in [0, 0.05) is 19.2 Å². The van der Waals surface area contributed by atoms with Crippen molar-refractivity contribution >= 4 is 26.1 Å². The van der Waals surface area contributed by atoms with Crippen LogP contribution in [-0.2, 0) is 36.1 Å². The van der Waals surface area contributed by atoms with E-state index in [4.69, 9.17) is 14.2 Å². The Labute approximate surface area is 300 Å². The van der Waals surface area contributed by atoms with Gasteiger partial charge in [0.15, 0.2) is 0 Å². The molecule has 2 fully saturated rings. The van der Waals surface area contributed by atoms with Crippen molar-refractivity contribution in [2.24, 2.45) is 0 Å². The number of nitrogens with one attached hydrogen (secondary N) is 1. The quantitative estimate of drug-likeness (QED) is 0.248. The lowest BCUT2D eigenvalue weighted by Gasteiger charge is -2.38. The fourth-order valence-corrected chi connectivity index (χ4v) is 8.56. The number of aliphatic hydroxyl groups is 2. The molecule has 51 heavy (non-hydrogen) atoms. The second kappa shape index (κ2) is 15.6. The van der Waals surface area contributed by atoms with Crippen molar-refractivity contribution in [3.8, 4) is 16.9 Å². The fraction of sp³-hybridized carbons (Fsp3) is 0.472. The van der Waals surface area contributed by atoms with Crippen molar-refractivity contribution in [3.63, 3.8) is 0 Å². The molecular weight excluding hydrogens is 699 g/mol. The van der Waals surface area contributed by atoms with Crippen LogP contribution in [0.2, 0.25) is 0 Å². The third-order valence-corrected chi connectivity index (χ3v) is 12.4. The molecule has 0 bridgehead atoms. The lowest BCUT2D eigenvalue weighted by Crippen LogP contribution is -2.50. The number of amides is 1. The first kappa shape index (κ1) is 38.7. The number of nitrogens with zero attached hydrogens (tertiary/aromatic N) is 2. The Hall–Kier alpha value is -3.57. The van der Waals surface area contributed by atoms with Gasteiger partial charge in [0.25, 0.3) is 0 Å². The predicted molar refractivity (Wildman–Crippen MR) is 190 cm³/mol. The van der Waals surface area contributed by atoms with Gasteiger partial charge in [-0.3, -0.25) is 0 Å². The number of rotatable bonds is 12. The summed E-state index contributed by atoms with van der Waals surface area (Å²) in [7, 11) is -6.19. The molecule has 15 heteroatoms. The van der Waals surface area contributed by atoms with E-state index in [1.165, 1.54) is 34.5 Å². The molecule has 0 saturated carbocycles. The molecule has 1 spiro atoms. The summed E-state index contributed by atoms with van der Waals surface area (Å²) in [5.41, 5.74) is 0.901. The molecule has 2 saturated heterocycles. The monoisotopic (exact) mass is 745 g/mol. The van der Waals surface area contributed by atoms with Crippen molar-refractivity contribution < 1.29 is 46.1 Å². The summed E-state index contributed by atoms with van der Waals surface area (Å²) in [6.45, 7) is 5.47. The fourth-order valence-electron chi connectivity index (χ4n) is 6.31. The van der Waals surface area contributed by atoms with Crippen molar-refractivity contribution in [1.29, 1.82) is 0 Å². The van der Waals surface area contributed by atoms with Crippen LogP contribution < -0.4 is 9.46 Å². The van der Waals surface area contributed by atoms with Crippen LogP contribution in [0.1, 0.15) is 45.6 Å². The second-order valence-corrected chi connectivity index (χ2v) is 17.7. The Morgan fingerprint density at radius 2 is 1.67 bits per heavy atom. The minimum Gasteiger partial charge on any atom is -0.491 e. The molecule has 3 N–H and O–H groups in total. The van der Waals surface area contributed by atoms with Gasteiger partial charge in [0.05, 0.1) is 41.2 Å². The number of sulfonamides is 2. The molecule has 278 valence electrons. The number of ether oxygens (including phenoxy) is 3. The van der Waals surface area contributed by atoms with Crippen molar-refractivity contribution in [1.82, 2.24) is 13.9 Å². The van der Waals surface area contributed by atoms with E-state index in [0.717, 1.165) is 16.7 Å². The molecule has 13 nitrogen and oxygen atoms in total. The Morgan fingerprint density at radius 3 is 2.31 bits per heavy atom. The molecule has 2 heterocycles. The molecule has 2 aliphatic heterocycles. The van der Waals surface area contributed by atoms with Gasteiger partial charge in [-0.25, -0.2) is 26.4 Å². The third-order valence-electron chi connectivity index (χ3n) is 9.07. The SMILES string of the molecule is CNS(=O)(=O)c1cccc(OC[C@@H](O)CN(C(=O)OC(C)(C)C)C2COC3(CCN(S(=O)(=O)c4cccc(-c5ccc(CO)cc5)c4)CC3)C2)c1. The van der Waals surface area contributed by atoms with Crippen LogP contribution in [0.3, 0.4) is 0 Å². The highest BCUT2D eigenvalue weighted by molar-refractivity contribution is 7.89. The number of carbonyl (C=O) groups is 1. The number of hydrogen-bond acceptors (Lipinski definition) is 10. The summed E-state index contributed by atoms with van der Waals surface area (Å²) in [5, 5.41) is 20.3. The number of hydrogen-bond donors (Lipinski definition) is 3. The van der Waals surface area contributed by atoms with Gasteiger partial charge in [-0.1, -0.05) is 42.5 Å².